The van der Waals surface area contributed by atoms with Gasteiger partial charge in [0.2, 0.25) is 5.91 Å². The fourth-order valence-electron chi connectivity index (χ4n) is 1.98. The molecule has 0 heterocycles. The molecule has 3 nitrogen and oxygen atoms in total. The van der Waals surface area contributed by atoms with Crippen LogP contribution in [0.5, 0.6) is 0 Å². The summed E-state index contributed by atoms with van der Waals surface area (Å²) in [4.78, 5) is 23.8. The number of benzene rings is 2. The molecule has 1 amide bonds. The Kier molecular flexibility index (Phi) is 5.12. The Morgan fingerprint density at radius 1 is 1.05 bits per heavy atom. The van der Waals surface area contributed by atoms with Gasteiger partial charge in [0.05, 0.1) is 0 Å². The lowest BCUT2D eigenvalue weighted by molar-refractivity contribution is -0.116. The summed E-state index contributed by atoms with van der Waals surface area (Å²) in [5, 5.41) is 3.42. The van der Waals surface area contributed by atoms with E-state index in [-0.39, 0.29) is 24.5 Å². The minimum absolute atomic E-state index is 0.0291. The van der Waals surface area contributed by atoms with Gasteiger partial charge in [0, 0.05) is 29.1 Å². The highest BCUT2D eigenvalue weighted by molar-refractivity contribution is 6.30. The van der Waals surface area contributed by atoms with Gasteiger partial charge in [-0.25, -0.2) is 0 Å². The number of amides is 1. The van der Waals surface area contributed by atoms with Crippen LogP contribution >= 0.6 is 11.6 Å². The maximum Gasteiger partial charge on any atom is 0.224 e. The van der Waals surface area contributed by atoms with Crippen LogP contribution in [0.3, 0.4) is 0 Å². The minimum atomic E-state index is -0.176. The maximum atomic E-state index is 11.9. The van der Waals surface area contributed by atoms with Crippen molar-refractivity contribution in [3.05, 3.63) is 64.7 Å². The van der Waals surface area contributed by atoms with E-state index < -0.39 is 0 Å². The summed E-state index contributed by atoms with van der Waals surface area (Å²) in [5.74, 6) is -0.205. The van der Waals surface area contributed by atoms with Gasteiger partial charge in [-0.05, 0) is 30.7 Å². The van der Waals surface area contributed by atoms with Gasteiger partial charge in [-0.3, -0.25) is 9.59 Å². The molecule has 0 saturated carbocycles. The number of halogens is 1. The fourth-order valence-corrected chi connectivity index (χ4v) is 2.20. The standard InChI is InChI=1S/C17H16ClNO2/c1-12-11-14(18)7-8-15(12)19-17(21)10-9-16(20)13-5-3-2-4-6-13/h2-8,11H,9-10H2,1H3,(H,19,21). The van der Waals surface area contributed by atoms with Crippen LogP contribution in [-0.2, 0) is 4.79 Å². The molecule has 108 valence electrons. The van der Waals surface area contributed by atoms with Crippen LogP contribution < -0.4 is 5.32 Å². The van der Waals surface area contributed by atoms with E-state index in [1.54, 1.807) is 30.3 Å². The molecule has 0 atom stereocenters. The molecule has 2 rings (SSSR count). The predicted molar refractivity (Wildman–Crippen MR) is 84.8 cm³/mol. The van der Waals surface area contributed by atoms with Crippen molar-refractivity contribution < 1.29 is 9.59 Å². The number of anilines is 1. The third kappa shape index (κ3) is 4.43. The van der Waals surface area contributed by atoms with Crippen LogP contribution in [0.4, 0.5) is 5.69 Å². The zero-order valence-corrected chi connectivity index (χ0v) is 12.5. The number of hydrogen-bond acceptors (Lipinski definition) is 2. The molecule has 21 heavy (non-hydrogen) atoms. The molecule has 2 aromatic carbocycles. The highest BCUT2D eigenvalue weighted by Gasteiger charge is 2.10. The number of Topliss-reactive ketones (excluding diaryl/α,β-unsaturated/α-hetero) is 1. The summed E-state index contributed by atoms with van der Waals surface area (Å²) in [7, 11) is 0. The second-order valence-electron chi connectivity index (χ2n) is 4.80. The quantitative estimate of drug-likeness (QED) is 0.839. The van der Waals surface area contributed by atoms with Gasteiger partial charge in [0.1, 0.15) is 0 Å². The molecule has 0 spiro atoms. The average Bonchev–Trinajstić information content (AvgIpc) is 2.48. The van der Waals surface area contributed by atoms with Crippen LogP contribution in [0.25, 0.3) is 0 Å². The number of nitrogens with one attached hydrogen (secondary N) is 1. The van der Waals surface area contributed by atoms with E-state index >= 15 is 0 Å². The minimum Gasteiger partial charge on any atom is -0.326 e. The number of hydrogen-bond donors (Lipinski definition) is 1. The SMILES string of the molecule is Cc1cc(Cl)ccc1NC(=O)CCC(=O)c1ccccc1. The summed E-state index contributed by atoms with van der Waals surface area (Å²) in [6.45, 7) is 1.87. The van der Waals surface area contributed by atoms with Crippen LogP contribution in [0.15, 0.2) is 48.5 Å². The summed E-state index contributed by atoms with van der Waals surface area (Å²) >= 11 is 5.87. The Bertz CT molecular complexity index is 653. The summed E-state index contributed by atoms with van der Waals surface area (Å²) in [6.07, 6.45) is 0.359. The molecular weight excluding hydrogens is 286 g/mol. The molecule has 2 aromatic rings. The van der Waals surface area contributed by atoms with Crippen LogP contribution in [0.1, 0.15) is 28.8 Å². The molecular formula is C17H16ClNO2. The van der Waals surface area contributed by atoms with E-state index in [2.05, 4.69) is 5.32 Å². The number of carbonyl (C=O) groups excluding carboxylic acids is 2. The van der Waals surface area contributed by atoms with Crippen molar-refractivity contribution in [2.45, 2.75) is 19.8 Å². The first kappa shape index (κ1) is 15.3. The number of carbonyl (C=O) groups is 2. The molecule has 0 fully saturated rings. The van der Waals surface area contributed by atoms with Crippen molar-refractivity contribution in [3.8, 4) is 0 Å². The van der Waals surface area contributed by atoms with Gasteiger partial charge in [-0.15, -0.1) is 0 Å². The van der Waals surface area contributed by atoms with E-state index in [0.29, 0.717) is 10.6 Å². The summed E-state index contributed by atoms with van der Waals surface area (Å²) in [6, 6.07) is 14.2. The van der Waals surface area contributed by atoms with Crippen LogP contribution in [0.2, 0.25) is 5.02 Å². The third-order valence-electron chi connectivity index (χ3n) is 3.14. The van der Waals surface area contributed by atoms with Crippen molar-refractivity contribution in [1.29, 1.82) is 0 Å². The van der Waals surface area contributed by atoms with Gasteiger partial charge in [-0.2, -0.15) is 0 Å². The molecule has 0 radical (unpaired) electrons. The van der Waals surface area contributed by atoms with Crippen molar-refractivity contribution in [3.63, 3.8) is 0 Å². The summed E-state index contributed by atoms with van der Waals surface area (Å²) < 4.78 is 0. The van der Waals surface area contributed by atoms with Crippen molar-refractivity contribution in [1.82, 2.24) is 0 Å². The molecule has 0 aliphatic heterocycles. The zero-order chi connectivity index (χ0) is 15.2. The molecule has 0 aliphatic rings. The zero-order valence-electron chi connectivity index (χ0n) is 11.7. The van der Waals surface area contributed by atoms with Crippen molar-refractivity contribution in [2.24, 2.45) is 0 Å². The molecule has 0 aromatic heterocycles. The van der Waals surface area contributed by atoms with Crippen LogP contribution in [-0.4, -0.2) is 11.7 Å². The Labute approximate surface area is 128 Å². The lowest BCUT2D eigenvalue weighted by Crippen LogP contribution is -2.14. The van der Waals surface area contributed by atoms with Crippen molar-refractivity contribution in [2.75, 3.05) is 5.32 Å². The lowest BCUT2D eigenvalue weighted by atomic mass is 10.1. The van der Waals surface area contributed by atoms with Gasteiger partial charge >= 0.3 is 0 Å². The average molecular weight is 302 g/mol. The van der Waals surface area contributed by atoms with E-state index in [0.717, 1.165) is 11.3 Å². The first-order chi connectivity index (χ1) is 10.1. The number of rotatable bonds is 5. The van der Waals surface area contributed by atoms with Crippen LogP contribution in [0, 0.1) is 6.92 Å². The number of ketones is 1. The smallest absolute Gasteiger partial charge is 0.224 e. The number of aryl methyl sites for hydroxylation is 1. The normalized spacial score (nSPS) is 10.2. The van der Waals surface area contributed by atoms with E-state index in [9.17, 15) is 9.59 Å². The summed E-state index contributed by atoms with van der Waals surface area (Å²) in [5.41, 5.74) is 2.25. The molecule has 1 N–H and O–H groups in total. The van der Waals surface area contributed by atoms with Crippen molar-refractivity contribution >= 4 is 29.0 Å². The monoisotopic (exact) mass is 301 g/mol. The Morgan fingerprint density at radius 2 is 1.76 bits per heavy atom. The van der Waals surface area contributed by atoms with E-state index in [4.69, 9.17) is 11.6 Å². The first-order valence-electron chi connectivity index (χ1n) is 6.70. The fraction of sp³-hybridized carbons (Fsp3) is 0.176. The molecule has 0 bridgehead atoms. The highest BCUT2D eigenvalue weighted by Crippen LogP contribution is 2.19. The Balaban J connectivity index is 1.89. The predicted octanol–water partition coefficient (Wildman–Crippen LogP) is 4.25. The molecule has 4 heteroatoms. The largest absolute Gasteiger partial charge is 0.326 e. The van der Waals surface area contributed by atoms with E-state index in [1.807, 2.05) is 25.1 Å². The van der Waals surface area contributed by atoms with E-state index in [1.165, 1.54) is 0 Å². The molecule has 0 aliphatic carbocycles. The highest BCUT2D eigenvalue weighted by atomic mass is 35.5. The van der Waals surface area contributed by atoms with Gasteiger partial charge in [0.15, 0.2) is 5.78 Å². The third-order valence-corrected chi connectivity index (χ3v) is 3.37. The second-order valence-corrected chi connectivity index (χ2v) is 5.23. The van der Waals surface area contributed by atoms with Gasteiger partial charge in [0.25, 0.3) is 0 Å². The Morgan fingerprint density at radius 3 is 2.43 bits per heavy atom. The second kappa shape index (κ2) is 7.04. The lowest BCUT2D eigenvalue weighted by Gasteiger charge is -2.08. The first-order valence-corrected chi connectivity index (χ1v) is 7.08. The maximum absolute atomic E-state index is 11.9. The van der Waals surface area contributed by atoms with Gasteiger partial charge < -0.3 is 5.32 Å². The molecule has 0 unspecified atom stereocenters. The topological polar surface area (TPSA) is 46.2 Å². The molecule has 0 saturated heterocycles. The Hall–Kier alpha value is -2.13. The van der Waals surface area contributed by atoms with Gasteiger partial charge in [-0.1, -0.05) is 41.9 Å².